The monoisotopic (exact) mass is 407 g/mol. The van der Waals surface area contributed by atoms with Crippen molar-refractivity contribution in [2.24, 2.45) is 0 Å². The molecular weight excluding hydrogens is 374 g/mol. The molecule has 0 saturated carbocycles. The van der Waals surface area contributed by atoms with Gasteiger partial charge in [-0.05, 0) is 76.7 Å². The molecule has 0 saturated heterocycles. The molecule has 3 rings (SSSR count). The number of hydrogen-bond donors (Lipinski definition) is 1. The Morgan fingerprint density at radius 3 is 2.53 bits per heavy atom. The van der Waals surface area contributed by atoms with E-state index in [4.69, 9.17) is 5.10 Å². The lowest BCUT2D eigenvalue weighted by atomic mass is 10.2. The SMILES string of the molecule is CCCCN(C)CCCNC(=O)c1c(C)nn(-c2cccc(C)c2)c1-n1cccc1. The van der Waals surface area contributed by atoms with Crippen molar-refractivity contribution in [3.63, 3.8) is 0 Å². The number of aromatic nitrogens is 3. The van der Waals surface area contributed by atoms with E-state index in [1.165, 1.54) is 12.8 Å². The summed E-state index contributed by atoms with van der Waals surface area (Å²) in [6.45, 7) is 8.88. The molecule has 0 unspecified atom stereocenters. The maximum atomic E-state index is 13.1. The molecule has 0 bridgehead atoms. The molecular formula is C24H33N5O. The fraction of sp³-hybridized carbons (Fsp3) is 0.417. The van der Waals surface area contributed by atoms with E-state index in [-0.39, 0.29) is 5.91 Å². The molecule has 1 amide bonds. The molecule has 0 fully saturated rings. The first-order chi connectivity index (χ1) is 14.5. The minimum Gasteiger partial charge on any atom is -0.352 e. The van der Waals surface area contributed by atoms with E-state index in [0.29, 0.717) is 12.1 Å². The molecule has 6 nitrogen and oxygen atoms in total. The number of benzene rings is 1. The van der Waals surface area contributed by atoms with Gasteiger partial charge in [0, 0.05) is 18.9 Å². The Kier molecular flexibility index (Phi) is 7.46. The first kappa shape index (κ1) is 21.8. The van der Waals surface area contributed by atoms with Gasteiger partial charge in [-0.2, -0.15) is 5.10 Å². The second-order valence-electron chi connectivity index (χ2n) is 7.89. The van der Waals surface area contributed by atoms with Crippen molar-refractivity contribution in [3.05, 3.63) is 65.6 Å². The van der Waals surface area contributed by atoms with Crippen LogP contribution >= 0.6 is 0 Å². The van der Waals surface area contributed by atoms with Crippen LogP contribution in [-0.4, -0.2) is 51.8 Å². The Balaban J connectivity index is 1.80. The van der Waals surface area contributed by atoms with Crippen LogP contribution in [0.5, 0.6) is 0 Å². The lowest BCUT2D eigenvalue weighted by molar-refractivity contribution is 0.0951. The fourth-order valence-electron chi connectivity index (χ4n) is 3.61. The molecule has 0 aliphatic rings. The predicted octanol–water partition coefficient (Wildman–Crippen LogP) is 4.13. The van der Waals surface area contributed by atoms with Crippen molar-refractivity contribution < 1.29 is 4.79 Å². The van der Waals surface area contributed by atoms with Crippen molar-refractivity contribution in [3.8, 4) is 11.5 Å². The highest BCUT2D eigenvalue weighted by molar-refractivity contribution is 5.98. The van der Waals surface area contributed by atoms with Crippen LogP contribution in [0.1, 0.15) is 47.8 Å². The van der Waals surface area contributed by atoms with E-state index in [1.807, 2.05) is 52.8 Å². The van der Waals surface area contributed by atoms with Crippen molar-refractivity contribution in [1.82, 2.24) is 24.6 Å². The van der Waals surface area contributed by atoms with Crippen molar-refractivity contribution in [2.45, 2.75) is 40.0 Å². The summed E-state index contributed by atoms with van der Waals surface area (Å²) in [6, 6.07) is 12.1. The zero-order valence-corrected chi connectivity index (χ0v) is 18.6. The Morgan fingerprint density at radius 1 is 1.10 bits per heavy atom. The van der Waals surface area contributed by atoms with Crippen molar-refractivity contribution in [2.75, 3.05) is 26.7 Å². The highest BCUT2D eigenvalue weighted by atomic mass is 16.1. The molecule has 3 aromatic rings. The number of carbonyl (C=O) groups excluding carboxylic acids is 1. The molecule has 2 aromatic heterocycles. The zero-order chi connectivity index (χ0) is 21.5. The third-order valence-corrected chi connectivity index (χ3v) is 5.25. The quantitative estimate of drug-likeness (QED) is 0.514. The standard InChI is InChI=1S/C24H33N5O/c1-5-6-14-27(4)15-10-13-25-23(30)22-20(3)26-29(21-12-9-11-19(2)18-21)24(22)28-16-7-8-17-28/h7-9,11-12,16-18H,5-6,10,13-15H2,1-4H3,(H,25,30). The van der Waals surface area contributed by atoms with E-state index in [1.54, 1.807) is 0 Å². The highest BCUT2D eigenvalue weighted by Gasteiger charge is 2.23. The van der Waals surface area contributed by atoms with Gasteiger partial charge < -0.3 is 14.8 Å². The first-order valence-electron chi connectivity index (χ1n) is 10.8. The summed E-state index contributed by atoms with van der Waals surface area (Å²) >= 11 is 0. The van der Waals surface area contributed by atoms with Crippen LogP contribution in [0.2, 0.25) is 0 Å². The number of amides is 1. The van der Waals surface area contributed by atoms with Gasteiger partial charge in [-0.25, -0.2) is 4.68 Å². The van der Waals surface area contributed by atoms with Crippen LogP contribution in [0.15, 0.2) is 48.8 Å². The molecule has 160 valence electrons. The summed E-state index contributed by atoms with van der Waals surface area (Å²) < 4.78 is 3.81. The number of carbonyl (C=O) groups is 1. The second kappa shape index (κ2) is 10.3. The van der Waals surface area contributed by atoms with Gasteiger partial charge in [-0.1, -0.05) is 25.5 Å². The maximum absolute atomic E-state index is 13.1. The number of nitrogens with one attached hydrogen (secondary N) is 1. The minimum atomic E-state index is -0.0775. The van der Waals surface area contributed by atoms with E-state index < -0.39 is 0 Å². The van der Waals surface area contributed by atoms with Crippen LogP contribution in [0, 0.1) is 13.8 Å². The van der Waals surface area contributed by atoms with Gasteiger partial charge in [0.15, 0.2) is 5.82 Å². The number of rotatable bonds is 10. The molecule has 30 heavy (non-hydrogen) atoms. The van der Waals surface area contributed by atoms with Gasteiger partial charge in [0.2, 0.25) is 0 Å². The van der Waals surface area contributed by atoms with Gasteiger partial charge in [-0.3, -0.25) is 4.79 Å². The Morgan fingerprint density at radius 2 is 1.83 bits per heavy atom. The second-order valence-corrected chi connectivity index (χ2v) is 7.89. The van der Waals surface area contributed by atoms with E-state index >= 15 is 0 Å². The Bertz CT molecular complexity index is 958. The molecule has 0 atom stereocenters. The maximum Gasteiger partial charge on any atom is 0.256 e. The normalized spacial score (nSPS) is 11.2. The van der Waals surface area contributed by atoms with Gasteiger partial charge in [0.1, 0.15) is 5.56 Å². The predicted molar refractivity (Wildman–Crippen MR) is 122 cm³/mol. The lowest BCUT2D eigenvalue weighted by Gasteiger charge is -2.16. The number of aryl methyl sites for hydroxylation is 2. The zero-order valence-electron chi connectivity index (χ0n) is 18.6. The highest BCUT2D eigenvalue weighted by Crippen LogP contribution is 2.23. The average molecular weight is 408 g/mol. The summed E-state index contributed by atoms with van der Waals surface area (Å²) in [5.74, 6) is 0.687. The van der Waals surface area contributed by atoms with Crippen LogP contribution in [0.25, 0.3) is 11.5 Å². The summed E-state index contributed by atoms with van der Waals surface area (Å²) in [5.41, 5.74) is 3.43. The van der Waals surface area contributed by atoms with E-state index in [9.17, 15) is 4.79 Å². The van der Waals surface area contributed by atoms with Crippen LogP contribution in [0.4, 0.5) is 0 Å². The smallest absolute Gasteiger partial charge is 0.256 e. The molecule has 6 heteroatoms. The van der Waals surface area contributed by atoms with E-state index in [0.717, 1.165) is 42.3 Å². The first-order valence-corrected chi connectivity index (χ1v) is 10.8. The number of hydrogen-bond acceptors (Lipinski definition) is 3. The fourth-order valence-corrected chi connectivity index (χ4v) is 3.61. The Hall–Kier alpha value is -2.86. The van der Waals surface area contributed by atoms with Gasteiger partial charge in [-0.15, -0.1) is 0 Å². The molecule has 0 spiro atoms. The summed E-state index contributed by atoms with van der Waals surface area (Å²) in [7, 11) is 2.14. The van der Waals surface area contributed by atoms with Crippen LogP contribution in [-0.2, 0) is 0 Å². The summed E-state index contributed by atoms with van der Waals surface area (Å²) in [5, 5.41) is 7.81. The summed E-state index contributed by atoms with van der Waals surface area (Å²) in [4.78, 5) is 15.4. The molecule has 1 aromatic carbocycles. The topological polar surface area (TPSA) is 55.1 Å². The molecule has 1 N–H and O–H groups in total. The van der Waals surface area contributed by atoms with Crippen molar-refractivity contribution in [1.29, 1.82) is 0 Å². The molecule has 0 radical (unpaired) electrons. The average Bonchev–Trinajstić information content (AvgIpc) is 3.37. The Labute approximate surface area is 179 Å². The number of nitrogens with zero attached hydrogens (tertiary/aromatic N) is 4. The van der Waals surface area contributed by atoms with Crippen molar-refractivity contribution >= 4 is 5.91 Å². The van der Waals surface area contributed by atoms with Gasteiger partial charge >= 0.3 is 0 Å². The van der Waals surface area contributed by atoms with Gasteiger partial charge in [0.05, 0.1) is 11.4 Å². The molecule has 0 aliphatic heterocycles. The van der Waals surface area contributed by atoms with Crippen LogP contribution in [0.3, 0.4) is 0 Å². The third-order valence-electron chi connectivity index (χ3n) is 5.25. The largest absolute Gasteiger partial charge is 0.352 e. The van der Waals surface area contributed by atoms with E-state index in [2.05, 4.69) is 43.2 Å². The van der Waals surface area contributed by atoms with Crippen LogP contribution < -0.4 is 5.32 Å². The van der Waals surface area contributed by atoms with Gasteiger partial charge in [0.25, 0.3) is 5.91 Å². The minimum absolute atomic E-state index is 0.0775. The molecule has 2 heterocycles. The summed E-state index contributed by atoms with van der Waals surface area (Å²) in [6.07, 6.45) is 7.23. The third kappa shape index (κ3) is 5.19. The molecule has 0 aliphatic carbocycles. The lowest BCUT2D eigenvalue weighted by Crippen LogP contribution is -2.29. The number of unbranched alkanes of at least 4 members (excludes halogenated alkanes) is 1.